The van der Waals surface area contributed by atoms with Gasteiger partial charge in [-0.05, 0) is 36.8 Å². The summed E-state index contributed by atoms with van der Waals surface area (Å²) in [6.07, 6.45) is 0. The molecule has 0 saturated heterocycles. The van der Waals surface area contributed by atoms with Crippen LogP contribution in [0, 0.1) is 6.92 Å². The van der Waals surface area contributed by atoms with Crippen LogP contribution in [0.3, 0.4) is 0 Å². The molecule has 0 spiro atoms. The van der Waals surface area contributed by atoms with Gasteiger partial charge in [-0.2, -0.15) is 0 Å². The SMILES string of the molecule is Cc1ccc(C(=O)NC2Sc3ccccc3N=C2c2ccccc2)cc1. The lowest BCUT2D eigenvalue weighted by atomic mass is 10.1. The lowest BCUT2D eigenvalue weighted by Gasteiger charge is -2.25. The van der Waals surface area contributed by atoms with Gasteiger partial charge in [0, 0.05) is 10.5 Å². The molecule has 3 aromatic rings. The van der Waals surface area contributed by atoms with E-state index in [1.165, 1.54) is 0 Å². The van der Waals surface area contributed by atoms with Gasteiger partial charge in [0.25, 0.3) is 5.91 Å². The predicted molar refractivity (Wildman–Crippen MR) is 107 cm³/mol. The highest BCUT2D eigenvalue weighted by atomic mass is 32.2. The maximum Gasteiger partial charge on any atom is 0.252 e. The topological polar surface area (TPSA) is 41.5 Å². The van der Waals surface area contributed by atoms with Crippen molar-refractivity contribution in [2.45, 2.75) is 17.2 Å². The van der Waals surface area contributed by atoms with E-state index in [9.17, 15) is 4.79 Å². The first-order chi connectivity index (χ1) is 12.7. The summed E-state index contributed by atoms with van der Waals surface area (Å²) >= 11 is 1.62. The molecule has 3 aromatic carbocycles. The first-order valence-corrected chi connectivity index (χ1v) is 9.36. The third kappa shape index (κ3) is 3.41. The van der Waals surface area contributed by atoms with Gasteiger partial charge in [-0.3, -0.25) is 4.79 Å². The van der Waals surface area contributed by atoms with E-state index in [0.717, 1.165) is 27.4 Å². The number of rotatable bonds is 3. The number of para-hydroxylation sites is 1. The molecule has 3 nitrogen and oxygen atoms in total. The number of aliphatic imine (C=N–C) groups is 1. The van der Waals surface area contributed by atoms with Gasteiger partial charge >= 0.3 is 0 Å². The van der Waals surface area contributed by atoms with Crippen molar-refractivity contribution in [1.29, 1.82) is 0 Å². The lowest BCUT2D eigenvalue weighted by Crippen LogP contribution is -2.39. The summed E-state index contributed by atoms with van der Waals surface area (Å²) in [7, 11) is 0. The van der Waals surface area contributed by atoms with Crippen LogP contribution >= 0.6 is 11.8 Å². The fraction of sp³-hybridized carbons (Fsp3) is 0.0909. The fourth-order valence-electron chi connectivity index (χ4n) is 2.85. The minimum Gasteiger partial charge on any atom is -0.334 e. The highest BCUT2D eigenvalue weighted by Crippen LogP contribution is 2.38. The second kappa shape index (κ2) is 7.18. The van der Waals surface area contributed by atoms with Crippen molar-refractivity contribution in [2.75, 3.05) is 0 Å². The number of nitrogens with zero attached hydrogens (tertiary/aromatic N) is 1. The molecule has 26 heavy (non-hydrogen) atoms. The van der Waals surface area contributed by atoms with Crippen molar-refractivity contribution in [3.63, 3.8) is 0 Å². The number of aryl methyl sites for hydroxylation is 1. The smallest absolute Gasteiger partial charge is 0.252 e. The highest BCUT2D eigenvalue weighted by molar-refractivity contribution is 8.00. The Morgan fingerprint density at radius 1 is 0.923 bits per heavy atom. The molecule has 0 bridgehead atoms. The molecule has 1 aliphatic heterocycles. The van der Waals surface area contributed by atoms with Gasteiger partial charge in [0.05, 0.1) is 11.4 Å². The summed E-state index contributed by atoms with van der Waals surface area (Å²) in [6, 6.07) is 25.6. The largest absolute Gasteiger partial charge is 0.334 e. The van der Waals surface area contributed by atoms with E-state index in [4.69, 9.17) is 4.99 Å². The standard InChI is InChI=1S/C22H18N2OS/c1-15-11-13-17(14-12-15)21(25)24-22-20(16-7-3-2-4-8-16)23-18-9-5-6-10-19(18)26-22/h2-14,22H,1H3,(H,24,25). The van der Waals surface area contributed by atoms with Crippen molar-refractivity contribution in [2.24, 2.45) is 4.99 Å². The molecule has 128 valence electrons. The number of hydrogen-bond acceptors (Lipinski definition) is 3. The van der Waals surface area contributed by atoms with E-state index in [1.807, 2.05) is 85.8 Å². The van der Waals surface area contributed by atoms with Crippen molar-refractivity contribution >= 4 is 29.1 Å². The van der Waals surface area contributed by atoms with Crippen LogP contribution in [0.4, 0.5) is 5.69 Å². The summed E-state index contributed by atoms with van der Waals surface area (Å²) in [4.78, 5) is 18.6. The number of amides is 1. The average Bonchev–Trinajstić information content (AvgIpc) is 2.68. The average molecular weight is 358 g/mol. The summed E-state index contributed by atoms with van der Waals surface area (Å²) in [6.45, 7) is 2.01. The molecule has 0 saturated carbocycles. The normalized spacial score (nSPS) is 15.7. The van der Waals surface area contributed by atoms with Crippen LogP contribution in [0.1, 0.15) is 21.5 Å². The van der Waals surface area contributed by atoms with Crippen LogP contribution in [0.5, 0.6) is 0 Å². The van der Waals surface area contributed by atoms with Gasteiger partial charge in [0.15, 0.2) is 0 Å². The number of thioether (sulfide) groups is 1. The summed E-state index contributed by atoms with van der Waals surface area (Å²) < 4.78 is 0. The Morgan fingerprint density at radius 2 is 1.62 bits per heavy atom. The van der Waals surface area contributed by atoms with E-state index in [1.54, 1.807) is 11.8 Å². The first kappa shape index (κ1) is 16.6. The van der Waals surface area contributed by atoms with Crippen LogP contribution in [0.2, 0.25) is 0 Å². The molecule has 0 radical (unpaired) electrons. The zero-order chi connectivity index (χ0) is 17.9. The molecule has 4 rings (SSSR count). The number of nitrogens with one attached hydrogen (secondary N) is 1. The van der Waals surface area contributed by atoms with Gasteiger partial charge in [-0.15, -0.1) is 0 Å². The molecule has 4 heteroatoms. The molecule has 0 fully saturated rings. The van der Waals surface area contributed by atoms with E-state index in [2.05, 4.69) is 5.32 Å². The van der Waals surface area contributed by atoms with Gasteiger partial charge < -0.3 is 5.32 Å². The summed E-state index contributed by atoms with van der Waals surface area (Å²) in [5, 5.41) is 2.90. The molecule has 1 aliphatic rings. The van der Waals surface area contributed by atoms with Crippen molar-refractivity contribution in [3.8, 4) is 0 Å². The van der Waals surface area contributed by atoms with Crippen LogP contribution in [0.25, 0.3) is 0 Å². The fourth-order valence-corrected chi connectivity index (χ4v) is 3.96. The minimum atomic E-state index is -0.235. The van der Waals surface area contributed by atoms with Crippen LogP contribution < -0.4 is 5.32 Å². The number of carbonyl (C=O) groups is 1. The number of benzene rings is 3. The second-order valence-electron chi connectivity index (χ2n) is 6.17. The number of hydrogen-bond donors (Lipinski definition) is 1. The molecule has 0 aliphatic carbocycles. The Labute approximate surface area is 157 Å². The zero-order valence-electron chi connectivity index (χ0n) is 14.3. The Balaban J connectivity index is 1.67. The molecule has 1 amide bonds. The summed E-state index contributed by atoms with van der Waals surface area (Å²) in [5.41, 5.74) is 4.62. The maximum absolute atomic E-state index is 12.7. The first-order valence-electron chi connectivity index (χ1n) is 8.48. The molecular weight excluding hydrogens is 340 g/mol. The Hall–Kier alpha value is -2.85. The third-order valence-electron chi connectivity index (χ3n) is 4.24. The molecule has 1 heterocycles. The monoisotopic (exact) mass is 358 g/mol. The Kier molecular flexibility index (Phi) is 4.59. The van der Waals surface area contributed by atoms with Crippen molar-refractivity contribution < 1.29 is 4.79 Å². The zero-order valence-corrected chi connectivity index (χ0v) is 15.2. The van der Waals surface area contributed by atoms with Crippen molar-refractivity contribution in [3.05, 3.63) is 95.6 Å². The van der Waals surface area contributed by atoms with E-state index >= 15 is 0 Å². The third-order valence-corrected chi connectivity index (χ3v) is 5.42. The Morgan fingerprint density at radius 3 is 2.38 bits per heavy atom. The lowest BCUT2D eigenvalue weighted by molar-refractivity contribution is 0.0956. The summed E-state index contributed by atoms with van der Waals surface area (Å²) in [5.74, 6) is -0.0921. The van der Waals surface area contributed by atoms with Crippen LogP contribution in [0.15, 0.2) is 88.8 Å². The van der Waals surface area contributed by atoms with Crippen LogP contribution in [-0.4, -0.2) is 17.0 Å². The quantitative estimate of drug-likeness (QED) is 0.717. The molecular formula is C22H18N2OS. The maximum atomic E-state index is 12.7. The number of carbonyl (C=O) groups excluding carboxylic acids is 1. The molecule has 1 N–H and O–H groups in total. The van der Waals surface area contributed by atoms with Gasteiger partial charge in [-0.25, -0.2) is 4.99 Å². The van der Waals surface area contributed by atoms with Gasteiger partial charge in [0.1, 0.15) is 5.37 Å². The minimum absolute atomic E-state index is 0.0921. The van der Waals surface area contributed by atoms with E-state index in [0.29, 0.717) is 5.56 Å². The van der Waals surface area contributed by atoms with Gasteiger partial charge in [0.2, 0.25) is 0 Å². The van der Waals surface area contributed by atoms with Gasteiger partial charge in [-0.1, -0.05) is 71.9 Å². The number of fused-ring (bicyclic) bond motifs is 1. The predicted octanol–water partition coefficient (Wildman–Crippen LogP) is 4.98. The van der Waals surface area contributed by atoms with Crippen molar-refractivity contribution in [1.82, 2.24) is 5.32 Å². The van der Waals surface area contributed by atoms with E-state index in [-0.39, 0.29) is 11.3 Å². The highest BCUT2D eigenvalue weighted by Gasteiger charge is 2.26. The molecule has 1 atom stereocenters. The second-order valence-corrected chi connectivity index (χ2v) is 7.32. The van der Waals surface area contributed by atoms with E-state index < -0.39 is 0 Å². The molecule has 1 unspecified atom stereocenters. The molecule has 0 aromatic heterocycles. The Bertz CT molecular complexity index is 965. The van der Waals surface area contributed by atoms with Crippen LogP contribution in [-0.2, 0) is 0 Å².